The number of halogens is 3. The van der Waals surface area contributed by atoms with Crippen LogP contribution in [-0.2, 0) is 0 Å². The number of urea groups is 1. The van der Waals surface area contributed by atoms with E-state index >= 15 is 0 Å². The number of nitrogens with one attached hydrogen (secondary N) is 2. The third-order valence-corrected chi connectivity index (χ3v) is 4.22. The molecule has 1 fully saturated rings. The minimum atomic E-state index is -4.15. The van der Waals surface area contributed by atoms with Gasteiger partial charge in [-0.3, -0.25) is 0 Å². The van der Waals surface area contributed by atoms with Crippen molar-refractivity contribution in [3.63, 3.8) is 0 Å². The molecule has 0 aliphatic heterocycles. The maximum absolute atomic E-state index is 12.6. The summed E-state index contributed by atoms with van der Waals surface area (Å²) in [6.45, 7) is -0.252. The quantitative estimate of drug-likeness (QED) is 0.794. The first kappa shape index (κ1) is 17.6. The summed E-state index contributed by atoms with van der Waals surface area (Å²) in [6, 6.07) is 7.74. The second-order valence-electron chi connectivity index (χ2n) is 5.85. The third-order valence-electron chi connectivity index (χ3n) is 4.22. The summed E-state index contributed by atoms with van der Waals surface area (Å²) >= 11 is 0. The first-order chi connectivity index (χ1) is 10.9. The lowest BCUT2D eigenvalue weighted by Crippen LogP contribution is -2.46. The number of alkyl halides is 3. The molecule has 2 amide bonds. The van der Waals surface area contributed by atoms with Crippen LogP contribution in [0.25, 0.3) is 0 Å². The standard InChI is InChI=1S/C16H21F3N2O2/c17-16(18,19)12-6-8-13(9-7-12)20-15(23)21-14(10-22)11-4-2-1-3-5-11/h1-5,12-14,22H,6-10H2,(H2,20,21,23). The van der Waals surface area contributed by atoms with E-state index in [9.17, 15) is 23.1 Å². The Labute approximate surface area is 133 Å². The lowest BCUT2D eigenvalue weighted by atomic mass is 9.85. The fourth-order valence-corrected chi connectivity index (χ4v) is 2.87. The smallest absolute Gasteiger partial charge is 0.391 e. The van der Waals surface area contributed by atoms with E-state index in [0.29, 0.717) is 12.8 Å². The van der Waals surface area contributed by atoms with Crippen molar-refractivity contribution < 1.29 is 23.1 Å². The van der Waals surface area contributed by atoms with Crippen molar-refractivity contribution in [2.45, 2.75) is 43.9 Å². The van der Waals surface area contributed by atoms with Crippen molar-refractivity contribution in [2.75, 3.05) is 6.61 Å². The van der Waals surface area contributed by atoms with E-state index in [4.69, 9.17) is 0 Å². The topological polar surface area (TPSA) is 61.4 Å². The zero-order chi connectivity index (χ0) is 16.9. The van der Waals surface area contributed by atoms with Gasteiger partial charge < -0.3 is 15.7 Å². The van der Waals surface area contributed by atoms with Crippen molar-refractivity contribution in [2.24, 2.45) is 5.92 Å². The molecule has 1 unspecified atom stereocenters. The summed E-state index contributed by atoms with van der Waals surface area (Å²) in [7, 11) is 0. The Morgan fingerprint density at radius 1 is 1.17 bits per heavy atom. The van der Waals surface area contributed by atoms with E-state index in [1.807, 2.05) is 6.07 Å². The first-order valence-corrected chi connectivity index (χ1v) is 7.69. The molecule has 0 heterocycles. The van der Waals surface area contributed by atoms with Gasteiger partial charge >= 0.3 is 12.2 Å². The Morgan fingerprint density at radius 3 is 2.30 bits per heavy atom. The average Bonchev–Trinajstić information content (AvgIpc) is 2.53. The van der Waals surface area contributed by atoms with Gasteiger partial charge in [0.05, 0.1) is 18.6 Å². The fourth-order valence-electron chi connectivity index (χ4n) is 2.87. The van der Waals surface area contributed by atoms with Crippen LogP contribution in [0.3, 0.4) is 0 Å². The molecule has 0 bridgehead atoms. The van der Waals surface area contributed by atoms with E-state index in [2.05, 4.69) is 10.6 Å². The van der Waals surface area contributed by atoms with Crippen LogP contribution in [-0.4, -0.2) is 30.0 Å². The molecule has 1 aliphatic carbocycles. The normalized spacial score (nSPS) is 23.1. The number of amides is 2. The van der Waals surface area contributed by atoms with Crippen LogP contribution in [0.4, 0.5) is 18.0 Å². The number of hydrogen-bond donors (Lipinski definition) is 3. The van der Waals surface area contributed by atoms with Gasteiger partial charge in [0.1, 0.15) is 0 Å². The highest BCUT2D eigenvalue weighted by Crippen LogP contribution is 2.37. The molecular formula is C16H21F3N2O2. The lowest BCUT2D eigenvalue weighted by molar-refractivity contribution is -0.182. The molecular weight excluding hydrogens is 309 g/mol. The Morgan fingerprint density at radius 2 is 1.78 bits per heavy atom. The summed E-state index contributed by atoms with van der Waals surface area (Å²) in [5, 5.41) is 14.7. The van der Waals surface area contributed by atoms with Crippen molar-refractivity contribution in [3.8, 4) is 0 Å². The number of aliphatic hydroxyl groups excluding tert-OH is 1. The van der Waals surface area contributed by atoms with Crippen LogP contribution in [0.5, 0.6) is 0 Å². The van der Waals surface area contributed by atoms with Crippen LogP contribution in [0.2, 0.25) is 0 Å². The summed E-state index contributed by atoms with van der Waals surface area (Å²) < 4.78 is 37.8. The van der Waals surface area contributed by atoms with E-state index in [1.54, 1.807) is 24.3 Å². The molecule has 1 aliphatic rings. The highest BCUT2D eigenvalue weighted by Gasteiger charge is 2.41. The van der Waals surface area contributed by atoms with Crippen LogP contribution in [0.15, 0.2) is 30.3 Å². The van der Waals surface area contributed by atoms with Gasteiger partial charge in [-0.05, 0) is 31.2 Å². The molecule has 0 aromatic heterocycles. The van der Waals surface area contributed by atoms with Gasteiger partial charge in [0.25, 0.3) is 0 Å². The molecule has 1 saturated carbocycles. The van der Waals surface area contributed by atoms with Crippen LogP contribution in [0, 0.1) is 5.92 Å². The number of carbonyl (C=O) groups is 1. The molecule has 1 atom stereocenters. The zero-order valence-corrected chi connectivity index (χ0v) is 12.6. The van der Waals surface area contributed by atoms with Gasteiger partial charge in [-0.15, -0.1) is 0 Å². The van der Waals surface area contributed by atoms with Gasteiger partial charge in [-0.25, -0.2) is 4.79 Å². The lowest BCUT2D eigenvalue weighted by Gasteiger charge is -2.30. The number of aliphatic hydroxyl groups is 1. The van der Waals surface area contributed by atoms with E-state index in [0.717, 1.165) is 5.56 Å². The summed E-state index contributed by atoms with van der Waals surface area (Å²) in [6.07, 6.45) is -3.45. The molecule has 3 N–H and O–H groups in total. The molecule has 1 aromatic carbocycles. The Balaban J connectivity index is 1.81. The number of benzene rings is 1. The van der Waals surface area contributed by atoms with Crippen molar-refractivity contribution in [1.29, 1.82) is 0 Å². The van der Waals surface area contributed by atoms with Gasteiger partial charge in [0, 0.05) is 6.04 Å². The average molecular weight is 330 g/mol. The molecule has 4 nitrogen and oxygen atoms in total. The second kappa shape index (κ2) is 7.68. The molecule has 1 aromatic rings. The monoisotopic (exact) mass is 330 g/mol. The summed E-state index contributed by atoms with van der Waals surface area (Å²) in [5.74, 6) is -1.27. The van der Waals surface area contributed by atoms with Crippen molar-refractivity contribution >= 4 is 6.03 Å². The maximum atomic E-state index is 12.6. The predicted octanol–water partition coefficient (Wildman–Crippen LogP) is 3.14. The van der Waals surface area contributed by atoms with E-state index in [-0.39, 0.29) is 25.5 Å². The molecule has 2 rings (SSSR count). The van der Waals surface area contributed by atoms with E-state index in [1.165, 1.54) is 0 Å². The van der Waals surface area contributed by atoms with Gasteiger partial charge in [0.2, 0.25) is 0 Å². The minimum Gasteiger partial charge on any atom is -0.394 e. The molecule has 0 saturated heterocycles. The van der Waals surface area contributed by atoms with Gasteiger partial charge in [-0.1, -0.05) is 30.3 Å². The Kier molecular flexibility index (Phi) is 5.87. The van der Waals surface area contributed by atoms with Crippen LogP contribution < -0.4 is 10.6 Å². The van der Waals surface area contributed by atoms with Crippen LogP contribution in [0.1, 0.15) is 37.3 Å². The largest absolute Gasteiger partial charge is 0.394 e. The number of rotatable bonds is 4. The Bertz CT molecular complexity index is 500. The van der Waals surface area contributed by atoms with Crippen molar-refractivity contribution in [1.82, 2.24) is 10.6 Å². The molecule has 0 radical (unpaired) electrons. The van der Waals surface area contributed by atoms with Gasteiger partial charge in [-0.2, -0.15) is 13.2 Å². The highest BCUT2D eigenvalue weighted by molar-refractivity contribution is 5.74. The zero-order valence-electron chi connectivity index (χ0n) is 12.6. The molecule has 128 valence electrons. The SMILES string of the molecule is O=C(NC1CCC(C(F)(F)F)CC1)NC(CO)c1ccccc1. The summed E-state index contributed by atoms with van der Waals surface area (Å²) in [5.41, 5.74) is 0.769. The number of hydrogen-bond acceptors (Lipinski definition) is 2. The second-order valence-corrected chi connectivity index (χ2v) is 5.85. The Hall–Kier alpha value is -1.76. The maximum Gasteiger partial charge on any atom is 0.391 e. The predicted molar refractivity (Wildman–Crippen MR) is 79.7 cm³/mol. The molecule has 7 heteroatoms. The first-order valence-electron chi connectivity index (χ1n) is 7.69. The summed E-state index contributed by atoms with van der Waals surface area (Å²) in [4.78, 5) is 12.0. The molecule has 23 heavy (non-hydrogen) atoms. The van der Waals surface area contributed by atoms with E-state index < -0.39 is 24.2 Å². The minimum absolute atomic E-state index is 0.0383. The van der Waals surface area contributed by atoms with Crippen LogP contribution >= 0.6 is 0 Å². The number of carbonyl (C=O) groups excluding carboxylic acids is 1. The third kappa shape index (κ3) is 5.13. The van der Waals surface area contributed by atoms with Crippen molar-refractivity contribution in [3.05, 3.63) is 35.9 Å². The molecule has 0 spiro atoms. The fraction of sp³-hybridized carbons (Fsp3) is 0.562. The van der Waals surface area contributed by atoms with Gasteiger partial charge in [0.15, 0.2) is 0 Å². The highest BCUT2D eigenvalue weighted by atomic mass is 19.4.